The Balaban J connectivity index is 2.59. The fraction of sp³-hybridized carbons (Fsp3) is 0.545. The number of esters is 1. The maximum absolute atomic E-state index is 11.1. The molecule has 0 fully saturated rings. The number of nitrogens with one attached hydrogen (secondary N) is 1. The van der Waals surface area contributed by atoms with Crippen LogP contribution in [-0.2, 0) is 4.74 Å². The molecule has 2 N–H and O–H groups in total. The molecule has 0 radical (unpaired) electrons. The summed E-state index contributed by atoms with van der Waals surface area (Å²) in [6, 6.07) is 0.0771. The highest BCUT2D eigenvalue weighted by atomic mass is 16.5. The lowest BCUT2D eigenvalue weighted by Gasteiger charge is -2.15. The van der Waals surface area contributed by atoms with Gasteiger partial charge in [-0.1, -0.05) is 0 Å². The molecule has 0 bridgehead atoms. The highest BCUT2D eigenvalue weighted by Gasteiger charge is 2.09. The van der Waals surface area contributed by atoms with Gasteiger partial charge >= 0.3 is 5.97 Å². The average molecular weight is 239 g/mol. The van der Waals surface area contributed by atoms with E-state index in [1.165, 1.54) is 19.5 Å². The molecule has 0 aliphatic rings. The minimum Gasteiger partial charge on any atom is -0.464 e. The second kappa shape index (κ2) is 6.15. The lowest BCUT2D eigenvalue weighted by molar-refractivity contribution is 0.0593. The summed E-state index contributed by atoms with van der Waals surface area (Å²) in [7, 11) is 1.29. The van der Waals surface area contributed by atoms with Crippen molar-refractivity contribution in [3.63, 3.8) is 0 Å². The Labute approximate surface area is 100 Å². The van der Waals surface area contributed by atoms with Gasteiger partial charge in [0, 0.05) is 6.04 Å². The molecule has 0 aliphatic carbocycles. The van der Waals surface area contributed by atoms with E-state index >= 15 is 0 Å². The van der Waals surface area contributed by atoms with Crippen molar-refractivity contribution in [2.24, 2.45) is 0 Å². The van der Waals surface area contributed by atoms with E-state index in [0.717, 1.165) is 0 Å². The standard InChI is InChI=1S/C11H17N3O3/c1-7(4-8(2)15)14-10-6-12-9(5-13-10)11(16)17-3/h5-8,15H,4H2,1-3H3,(H,13,14). The zero-order valence-corrected chi connectivity index (χ0v) is 10.2. The number of aliphatic hydroxyl groups excluding tert-OH is 1. The zero-order valence-electron chi connectivity index (χ0n) is 10.2. The summed E-state index contributed by atoms with van der Waals surface area (Å²) in [4.78, 5) is 19.1. The van der Waals surface area contributed by atoms with Crippen LogP contribution in [-0.4, -0.2) is 40.3 Å². The molecule has 1 heterocycles. The molecule has 1 aromatic heterocycles. The van der Waals surface area contributed by atoms with E-state index in [4.69, 9.17) is 0 Å². The minimum absolute atomic E-state index is 0.0771. The van der Waals surface area contributed by atoms with E-state index in [1.54, 1.807) is 6.92 Å². The van der Waals surface area contributed by atoms with Crippen LogP contribution in [0.5, 0.6) is 0 Å². The number of nitrogens with zero attached hydrogens (tertiary/aromatic N) is 2. The molecule has 0 saturated carbocycles. The Morgan fingerprint density at radius 3 is 2.65 bits per heavy atom. The largest absolute Gasteiger partial charge is 0.464 e. The quantitative estimate of drug-likeness (QED) is 0.740. The molecule has 0 saturated heterocycles. The van der Waals surface area contributed by atoms with E-state index in [-0.39, 0.29) is 17.8 Å². The summed E-state index contributed by atoms with van der Waals surface area (Å²) >= 11 is 0. The molecular weight excluding hydrogens is 222 g/mol. The van der Waals surface area contributed by atoms with Gasteiger partial charge < -0.3 is 15.2 Å². The van der Waals surface area contributed by atoms with Gasteiger partial charge in [-0.25, -0.2) is 14.8 Å². The van der Waals surface area contributed by atoms with Crippen LogP contribution in [0, 0.1) is 0 Å². The van der Waals surface area contributed by atoms with Gasteiger partial charge in [-0.05, 0) is 20.3 Å². The maximum Gasteiger partial charge on any atom is 0.358 e. The summed E-state index contributed by atoms with van der Waals surface area (Å²) in [6.45, 7) is 3.66. The Bertz CT molecular complexity index is 365. The predicted molar refractivity (Wildman–Crippen MR) is 62.8 cm³/mol. The van der Waals surface area contributed by atoms with Crippen LogP contribution in [0.25, 0.3) is 0 Å². The van der Waals surface area contributed by atoms with Crippen LogP contribution in [0.3, 0.4) is 0 Å². The summed E-state index contributed by atoms with van der Waals surface area (Å²) < 4.78 is 4.51. The van der Waals surface area contributed by atoms with Crippen molar-refractivity contribution in [3.05, 3.63) is 18.1 Å². The fourth-order valence-corrected chi connectivity index (χ4v) is 1.44. The molecule has 2 unspecified atom stereocenters. The number of rotatable bonds is 5. The Morgan fingerprint density at radius 1 is 1.47 bits per heavy atom. The summed E-state index contributed by atoms with van der Waals surface area (Å²) in [5, 5.41) is 12.3. The molecule has 1 rings (SSSR count). The minimum atomic E-state index is -0.513. The van der Waals surface area contributed by atoms with E-state index in [9.17, 15) is 9.90 Å². The van der Waals surface area contributed by atoms with E-state index in [1.807, 2.05) is 6.92 Å². The molecule has 6 nitrogen and oxygen atoms in total. The van der Waals surface area contributed by atoms with Crippen LogP contribution >= 0.6 is 0 Å². The SMILES string of the molecule is COC(=O)c1cnc(NC(C)CC(C)O)cn1. The second-order valence-electron chi connectivity index (χ2n) is 3.91. The number of hydrogen-bond donors (Lipinski definition) is 2. The van der Waals surface area contributed by atoms with Crippen LogP contribution in [0.15, 0.2) is 12.4 Å². The van der Waals surface area contributed by atoms with Gasteiger partial charge in [-0.3, -0.25) is 0 Å². The van der Waals surface area contributed by atoms with E-state index in [0.29, 0.717) is 12.2 Å². The van der Waals surface area contributed by atoms with Crippen molar-refractivity contribution in [2.45, 2.75) is 32.4 Å². The van der Waals surface area contributed by atoms with Crippen molar-refractivity contribution >= 4 is 11.8 Å². The number of carbonyl (C=O) groups excluding carboxylic acids is 1. The molecule has 2 atom stereocenters. The van der Waals surface area contributed by atoms with Crippen molar-refractivity contribution in [2.75, 3.05) is 12.4 Å². The number of aliphatic hydroxyl groups is 1. The summed E-state index contributed by atoms with van der Waals surface area (Å²) in [6.07, 6.45) is 3.05. The van der Waals surface area contributed by atoms with Crippen LogP contribution in [0.1, 0.15) is 30.8 Å². The smallest absolute Gasteiger partial charge is 0.358 e. The Hall–Kier alpha value is -1.69. The molecule has 0 aromatic carbocycles. The van der Waals surface area contributed by atoms with Gasteiger partial charge in [0.2, 0.25) is 0 Å². The predicted octanol–water partition coefficient (Wildman–Crippen LogP) is 0.834. The molecule has 0 spiro atoms. The van der Waals surface area contributed by atoms with Crippen LogP contribution in [0.4, 0.5) is 5.82 Å². The molecule has 94 valence electrons. The normalized spacial score (nSPS) is 13.9. The van der Waals surface area contributed by atoms with E-state index < -0.39 is 5.97 Å². The van der Waals surface area contributed by atoms with Crippen molar-refractivity contribution < 1.29 is 14.6 Å². The zero-order chi connectivity index (χ0) is 12.8. The van der Waals surface area contributed by atoms with Crippen molar-refractivity contribution in [1.82, 2.24) is 9.97 Å². The highest BCUT2D eigenvalue weighted by Crippen LogP contribution is 2.07. The maximum atomic E-state index is 11.1. The first-order valence-corrected chi connectivity index (χ1v) is 5.38. The molecule has 0 aliphatic heterocycles. The molecule has 0 amide bonds. The van der Waals surface area contributed by atoms with Crippen molar-refractivity contribution in [3.8, 4) is 0 Å². The third-order valence-corrected chi connectivity index (χ3v) is 2.14. The van der Waals surface area contributed by atoms with Gasteiger partial charge in [-0.15, -0.1) is 0 Å². The first-order chi connectivity index (χ1) is 8.02. The monoisotopic (exact) mass is 239 g/mol. The van der Waals surface area contributed by atoms with Gasteiger partial charge in [0.1, 0.15) is 5.82 Å². The summed E-state index contributed by atoms with van der Waals surface area (Å²) in [5.74, 6) is 0.0480. The molecular formula is C11H17N3O3. The topological polar surface area (TPSA) is 84.3 Å². The van der Waals surface area contributed by atoms with Gasteiger partial charge in [0.05, 0.1) is 25.6 Å². The van der Waals surface area contributed by atoms with Gasteiger partial charge in [0.25, 0.3) is 0 Å². The van der Waals surface area contributed by atoms with Crippen molar-refractivity contribution in [1.29, 1.82) is 0 Å². The number of carbonyl (C=O) groups is 1. The van der Waals surface area contributed by atoms with Gasteiger partial charge in [0.15, 0.2) is 5.69 Å². The third-order valence-electron chi connectivity index (χ3n) is 2.14. The highest BCUT2D eigenvalue weighted by molar-refractivity contribution is 5.86. The lowest BCUT2D eigenvalue weighted by atomic mass is 10.1. The Morgan fingerprint density at radius 2 is 2.18 bits per heavy atom. The fourth-order valence-electron chi connectivity index (χ4n) is 1.44. The van der Waals surface area contributed by atoms with Crippen LogP contribution < -0.4 is 5.32 Å². The Kier molecular flexibility index (Phi) is 4.84. The molecule has 1 aromatic rings. The summed E-state index contributed by atoms with van der Waals surface area (Å²) in [5.41, 5.74) is 0.168. The third kappa shape index (κ3) is 4.36. The van der Waals surface area contributed by atoms with Crippen LogP contribution in [0.2, 0.25) is 0 Å². The first-order valence-electron chi connectivity index (χ1n) is 5.38. The number of anilines is 1. The number of methoxy groups -OCH3 is 1. The average Bonchev–Trinajstić information content (AvgIpc) is 2.28. The first kappa shape index (κ1) is 13.4. The van der Waals surface area contributed by atoms with Gasteiger partial charge in [-0.2, -0.15) is 0 Å². The number of ether oxygens (including phenoxy) is 1. The molecule has 17 heavy (non-hydrogen) atoms. The number of hydrogen-bond acceptors (Lipinski definition) is 6. The molecule has 6 heteroatoms. The number of aromatic nitrogens is 2. The second-order valence-corrected chi connectivity index (χ2v) is 3.91. The lowest BCUT2D eigenvalue weighted by Crippen LogP contribution is -2.21. The van der Waals surface area contributed by atoms with E-state index in [2.05, 4.69) is 20.0 Å².